The van der Waals surface area contributed by atoms with Gasteiger partial charge in [-0.2, -0.15) is 0 Å². The van der Waals surface area contributed by atoms with Gasteiger partial charge in [-0.1, -0.05) is 49.4 Å². The van der Waals surface area contributed by atoms with Gasteiger partial charge in [-0.05, 0) is 36.2 Å². The topological polar surface area (TPSA) is 60.3 Å². The van der Waals surface area contributed by atoms with Crippen LogP contribution in [0.4, 0.5) is 5.69 Å². The van der Waals surface area contributed by atoms with Crippen LogP contribution < -0.4 is 15.6 Å². The van der Waals surface area contributed by atoms with Gasteiger partial charge in [-0.15, -0.1) is 0 Å². The summed E-state index contributed by atoms with van der Waals surface area (Å²) in [6, 6.07) is 22.1. The van der Waals surface area contributed by atoms with Crippen molar-refractivity contribution in [2.45, 2.75) is 13.3 Å². The highest BCUT2D eigenvalue weighted by Crippen LogP contribution is 2.22. The van der Waals surface area contributed by atoms with Crippen molar-refractivity contribution in [3.63, 3.8) is 0 Å². The molecule has 1 N–H and O–H groups in total. The van der Waals surface area contributed by atoms with Crippen molar-refractivity contribution in [3.05, 3.63) is 100 Å². The maximum atomic E-state index is 13.3. The van der Waals surface area contributed by atoms with Gasteiger partial charge < -0.3 is 10.1 Å². The van der Waals surface area contributed by atoms with Crippen LogP contribution in [0.1, 0.15) is 22.8 Å². The van der Waals surface area contributed by atoms with Crippen molar-refractivity contribution in [3.8, 4) is 11.4 Å². The molecule has 1 amide bonds. The summed E-state index contributed by atoms with van der Waals surface area (Å²) < 4.78 is 6.78. The number of anilines is 1. The quantitative estimate of drug-likeness (QED) is 0.525. The third kappa shape index (κ3) is 3.57. The van der Waals surface area contributed by atoms with Crippen molar-refractivity contribution in [1.82, 2.24) is 4.57 Å². The Morgan fingerprint density at radius 2 is 1.70 bits per heavy atom. The second kappa shape index (κ2) is 8.25. The van der Waals surface area contributed by atoms with Crippen molar-refractivity contribution in [1.29, 1.82) is 0 Å². The number of methoxy groups -OCH3 is 1. The van der Waals surface area contributed by atoms with Crippen LogP contribution in [-0.2, 0) is 6.42 Å². The maximum Gasteiger partial charge on any atom is 0.262 e. The Kier molecular flexibility index (Phi) is 5.35. The van der Waals surface area contributed by atoms with Gasteiger partial charge >= 0.3 is 0 Å². The van der Waals surface area contributed by atoms with Crippen LogP contribution >= 0.6 is 0 Å². The normalized spacial score (nSPS) is 10.7. The number of aryl methyl sites for hydroxylation is 1. The van der Waals surface area contributed by atoms with Crippen molar-refractivity contribution in [2.75, 3.05) is 12.4 Å². The molecule has 0 saturated heterocycles. The molecule has 4 aromatic rings. The summed E-state index contributed by atoms with van der Waals surface area (Å²) in [5, 5.41) is 4.11. The zero-order valence-electron chi connectivity index (χ0n) is 16.9. The lowest BCUT2D eigenvalue weighted by molar-refractivity contribution is 0.102. The molecule has 0 aliphatic carbocycles. The average Bonchev–Trinajstić information content (AvgIpc) is 2.79. The largest absolute Gasteiger partial charge is 0.497 e. The van der Waals surface area contributed by atoms with Gasteiger partial charge in [0.15, 0.2) is 0 Å². The molecular formula is C25H22N2O3. The Labute approximate surface area is 174 Å². The smallest absolute Gasteiger partial charge is 0.262 e. The van der Waals surface area contributed by atoms with E-state index in [1.165, 1.54) is 4.57 Å². The number of rotatable bonds is 5. The highest BCUT2D eigenvalue weighted by atomic mass is 16.5. The van der Waals surface area contributed by atoms with Crippen LogP contribution in [-0.4, -0.2) is 17.6 Å². The Bertz CT molecular complexity index is 1290. The van der Waals surface area contributed by atoms with Gasteiger partial charge in [0, 0.05) is 28.7 Å². The summed E-state index contributed by atoms with van der Waals surface area (Å²) in [7, 11) is 1.58. The molecule has 0 saturated carbocycles. The molecule has 5 heteroatoms. The molecule has 150 valence electrons. The van der Waals surface area contributed by atoms with Crippen LogP contribution in [0.5, 0.6) is 5.75 Å². The zero-order chi connectivity index (χ0) is 21.1. The predicted molar refractivity (Wildman–Crippen MR) is 120 cm³/mol. The summed E-state index contributed by atoms with van der Waals surface area (Å²) in [5.74, 6) is 0.374. The molecule has 0 bridgehead atoms. The molecule has 0 aliphatic heterocycles. The van der Waals surface area contributed by atoms with E-state index in [1.807, 2.05) is 55.5 Å². The van der Waals surface area contributed by atoms with Crippen LogP contribution in [0.2, 0.25) is 0 Å². The number of benzene rings is 3. The molecule has 4 rings (SSSR count). The maximum absolute atomic E-state index is 13.3. The molecule has 0 atom stereocenters. The van der Waals surface area contributed by atoms with E-state index in [0.717, 1.165) is 17.7 Å². The van der Waals surface area contributed by atoms with E-state index >= 15 is 0 Å². The predicted octanol–water partition coefficient (Wildman–Crippen LogP) is 4.81. The van der Waals surface area contributed by atoms with E-state index in [9.17, 15) is 9.59 Å². The first-order chi connectivity index (χ1) is 14.6. The van der Waals surface area contributed by atoms with Gasteiger partial charge in [-0.25, -0.2) is 0 Å². The third-order valence-electron chi connectivity index (χ3n) is 5.15. The first kappa shape index (κ1) is 19.5. The number of ether oxygens (including phenoxy) is 1. The summed E-state index contributed by atoms with van der Waals surface area (Å²) in [5.41, 5.74) is 2.70. The first-order valence-corrected chi connectivity index (χ1v) is 9.80. The lowest BCUT2D eigenvalue weighted by atomic mass is 10.1. The number of hydrogen-bond acceptors (Lipinski definition) is 3. The first-order valence-electron chi connectivity index (χ1n) is 9.80. The van der Waals surface area contributed by atoms with Gasteiger partial charge in [0.2, 0.25) is 0 Å². The number of amides is 1. The van der Waals surface area contributed by atoms with E-state index in [-0.39, 0.29) is 11.5 Å². The second-order valence-corrected chi connectivity index (χ2v) is 6.93. The van der Waals surface area contributed by atoms with Gasteiger partial charge in [-0.3, -0.25) is 14.2 Å². The Balaban J connectivity index is 1.88. The molecular weight excluding hydrogens is 376 g/mol. The molecule has 0 fully saturated rings. The molecule has 3 aromatic carbocycles. The number of para-hydroxylation sites is 1. The van der Waals surface area contributed by atoms with E-state index < -0.39 is 0 Å². The van der Waals surface area contributed by atoms with Crippen LogP contribution in [0.15, 0.2) is 83.8 Å². The fraction of sp³-hybridized carbons (Fsp3) is 0.120. The Morgan fingerprint density at radius 3 is 2.47 bits per heavy atom. The molecule has 1 aromatic heterocycles. The SMILES string of the molecule is CCc1ccccc1NC(=O)c1cn(-c2cccc(OC)c2)c(=O)c2ccccc12. The Morgan fingerprint density at radius 1 is 0.967 bits per heavy atom. The van der Waals surface area contributed by atoms with Crippen LogP contribution in [0, 0.1) is 0 Å². The molecule has 0 spiro atoms. The summed E-state index contributed by atoms with van der Waals surface area (Å²) in [4.78, 5) is 26.4. The number of carbonyl (C=O) groups is 1. The van der Waals surface area contributed by atoms with Gasteiger partial charge in [0.25, 0.3) is 11.5 Å². The zero-order valence-corrected chi connectivity index (χ0v) is 16.9. The third-order valence-corrected chi connectivity index (χ3v) is 5.15. The fourth-order valence-electron chi connectivity index (χ4n) is 3.56. The van der Waals surface area contributed by atoms with Gasteiger partial charge in [0.1, 0.15) is 5.75 Å². The molecule has 5 nitrogen and oxygen atoms in total. The van der Waals surface area contributed by atoms with Gasteiger partial charge in [0.05, 0.1) is 18.4 Å². The average molecular weight is 398 g/mol. The number of nitrogens with one attached hydrogen (secondary N) is 1. The van der Waals surface area contributed by atoms with Crippen LogP contribution in [0.25, 0.3) is 16.5 Å². The number of hydrogen-bond donors (Lipinski definition) is 1. The lowest BCUT2D eigenvalue weighted by Crippen LogP contribution is -2.23. The lowest BCUT2D eigenvalue weighted by Gasteiger charge is -2.14. The summed E-state index contributed by atoms with van der Waals surface area (Å²) in [6.07, 6.45) is 2.41. The molecule has 0 unspecified atom stereocenters. The molecule has 0 radical (unpaired) electrons. The van der Waals surface area contributed by atoms with Crippen molar-refractivity contribution in [2.24, 2.45) is 0 Å². The van der Waals surface area contributed by atoms with E-state index in [0.29, 0.717) is 27.8 Å². The molecule has 30 heavy (non-hydrogen) atoms. The van der Waals surface area contributed by atoms with E-state index in [4.69, 9.17) is 4.74 Å². The monoisotopic (exact) mass is 398 g/mol. The number of nitrogens with zero attached hydrogens (tertiary/aromatic N) is 1. The number of fused-ring (bicyclic) bond motifs is 1. The fourth-order valence-corrected chi connectivity index (χ4v) is 3.56. The van der Waals surface area contributed by atoms with Crippen LogP contribution in [0.3, 0.4) is 0 Å². The van der Waals surface area contributed by atoms with E-state index in [1.54, 1.807) is 37.6 Å². The summed E-state index contributed by atoms with van der Waals surface area (Å²) >= 11 is 0. The number of pyridine rings is 1. The minimum absolute atomic E-state index is 0.190. The number of carbonyl (C=O) groups excluding carboxylic acids is 1. The molecule has 1 heterocycles. The highest BCUT2D eigenvalue weighted by Gasteiger charge is 2.16. The Hall–Kier alpha value is -3.86. The second-order valence-electron chi connectivity index (χ2n) is 6.93. The highest BCUT2D eigenvalue weighted by molar-refractivity contribution is 6.12. The summed E-state index contributed by atoms with van der Waals surface area (Å²) in [6.45, 7) is 2.04. The van der Waals surface area contributed by atoms with Crippen molar-refractivity contribution < 1.29 is 9.53 Å². The number of aromatic nitrogens is 1. The minimum atomic E-state index is -0.260. The van der Waals surface area contributed by atoms with Crippen molar-refractivity contribution >= 4 is 22.4 Å². The minimum Gasteiger partial charge on any atom is -0.497 e. The van der Waals surface area contributed by atoms with E-state index in [2.05, 4.69) is 5.32 Å². The standard InChI is InChI=1S/C25H22N2O3/c1-3-17-9-4-7-14-23(17)26-24(28)22-16-27(18-10-8-11-19(15-18)30-2)25(29)21-13-6-5-12-20(21)22/h4-16H,3H2,1-2H3,(H,26,28). The molecule has 0 aliphatic rings.